The van der Waals surface area contributed by atoms with E-state index in [1.165, 1.54) is 44.1 Å². The highest BCUT2D eigenvalue weighted by Gasteiger charge is 2.28. The lowest BCUT2D eigenvalue weighted by Gasteiger charge is -2.37. The van der Waals surface area contributed by atoms with Crippen LogP contribution in [0.15, 0.2) is 24.5 Å². The third-order valence-electron chi connectivity index (χ3n) is 6.20. The van der Waals surface area contributed by atoms with Crippen LogP contribution in [0.25, 0.3) is 0 Å². The fraction of sp³-hybridized carbons (Fsp3) is 0.714. The Balaban J connectivity index is 1.19. The first-order valence-corrected chi connectivity index (χ1v) is 10.4. The number of carbonyl (C=O) groups excluding carboxylic acids is 1. The highest BCUT2D eigenvalue weighted by Crippen LogP contribution is 2.33. The highest BCUT2D eigenvalue weighted by molar-refractivity contribution is 5.78. The molecule has 142 valence electrons. The minimum absolute atomic E-state index is 0.213. The Hall–Kier alpha value is -1.46. The second-order valence-electron chi connectivity index (χ2n) is 8.41. The Bertz CT molecular complexity index is 581. The molecule has 3 fully saturated rings. The average molecular weight is 357 g/mol. The molecule has 2 saturated carbocycles. The van der Waals surface area contributed by atoms with Crippen LogP contribution in [-0.2, 0) is 4.79 Å². The third kappa shape index (κ3) is 5.04. The number of aromatic nitrogens is 1. The lowest BCUT2D eigenvalue weighted by Crippen LogP contribution is -2.49. The molecular weight excluding hydrogens is 324 g/mol. The van der Waals surface area contributed by atoms with Crippen LogP contribution < -0.4 is 10.6 Å². The van der Waals surface area contributed by atoms with Crippen molar-refractivity contribution in [1.29, 1.82) is 0 Å². The number of hydrogen-bond donors (Lipinski definition) is 2. The number of hydrogen-bond acceptors (Lipinski definition) is 4. The quantitative estimate of drug-likeness (QED) is 0.822. The predicted molar refractivity (Wildman–Crippen MR) is 103 cm³/mol. The second kappa shape index (κ2) is 8.49. The minimum atomic E-state index is 0.213. The zero-order valence-electron chi connectivity index (χ0n) is 15.7. The molecule has 1 aliphatic heterocycles. The van der Waals surface area contributed by atoms with Crippen LogP contribution in [0.1, 0.15) is 62.8 Å². The molecule has 4 rings (SSSR count). The first-order valence-electron chi connectivity index (χ1n) is 10.4. The molecule has 3 aliphatic rings. The van der Waals surface area contributed by atoms with Gasteiger partial charge in [0.15, 0.2) is 0 Å². The number of piperidine rings is 1. The molecule has 0 bridgehead atoms. The fourth-order valence-corrected chi connectivity index (χ4v) is 4.56. The van der Waals surface area contributed by atoms with Crippen LogP contribution in [0.5, 0.6) is 0 Å². The van der Waals surface area contributed by atoms with Crippen molar-refractivity contribution >= 4 is 5.91 Å². The monoisotopic (exact) mass is 356 g/mol. The van der Waals surface area contributed by atoms with Crippen molar-refractivity contribution in [2.75, 3.05) is 19.6 Å². The Kier molecular flexibility index (Phi) is 5.85. The van der Waals surface area contributed by atoms with E-state index in [0.29, 0.717) is 30.6 Å². The zero-order chi connectivity index (χ0) is 17.8. The summed E-state index contributed by atoms with van der Waals surface area (Å²) in [6.45, 7) is 2.65. The maximum absolute atomic E-state index is 12.0. The van der Waals surface area contributed by atoms with E-state index in [4.69, 9.17) is 0 Å². The number of nitrogens with one attached hydrogen (secondary N) is 2. The summed E-state index contributed by atoms with van der Waals surface area (Å²) in [6.07, 6.45) is 13.7. The van der Waals surface area contributed by atoms with Crippen molar-refractivity contribution in [3.05, 3.63) is 30.1 Å². The summed E-state index contributed by atoms with van der Waals surface area (Å²) >= 11 is 0. The fourth-order valence-electron chi connectivity index (χ4n) is 4.56. The van der Waals surface area contributed by atoms with Crippen molar-refractivity contribution in [1.82, 2.24) is 20.5 Å². The molecule has 1 aromatic heterocycles. The molecule has 2 N–H and O–H groups in total. The molecule has 2 heterocycles. The van der Waals surface area contributed by atoms with E-state index in [1.54, 1.807) is 0 Å². The van der Waals surface area contributed by atoms with E-state index >= 15 is 0 Å². The molecule has 0 aromatic carbocycles. The van der Waals surface area contributed by atoms with Gasteiger partial charge in [-0.2, -0.15) is 0 Å². The third-order valence-corrected chi connectivity index (χ3v) is 6.20. The van der Waals surface area contributed by atoms with Gasteiger partial charge in [-0.25, -0.2) is 0 Å². The van der Waals surface area contributed by atoms with Gasteiger partial charge in [-0.1, -0.05) is 12.5 Å². The van der Waals surface area contributed by atoms with Gasteiger partial charge in [-0.3, -0.25) is 14.7 Å². The van der Waals surface area contributed by atoms with Crippen LogP contribution in [0.4, 0.5) is 0 Å². The standard InChI is InChI=1S/C21H32N4O/c26-21(24-18-6-7-18)15-25-11-8-19(9-12-25)23-20-5-1-3-16(13-20)17-4-2-10-22-14-17/h2,4,10,14,16,18-20,23H,1,3,5-9,11-13,15H2,(H,24,26). The molecular formula is C21H32N4O. The summed E-state index contributed by atoms with van der Waals surface area (Å²) in [5.41, 5.74) is 1.40. The summed E-state index contributed by atoms with van der Waals surface area (Å²) < 4.78 is 0. The van der Waals surface area contributed by atoms with Crippen molar-refractivity contribution in [3.8, 4) is 0 Å². The predicted octanol–water partition coefficient (Wildman–Crippen LogP) is 2.44. The molecule has 0 spiro atoms. The van der Waals surface area contributed by atoms with E-state index < -0.39 is 0 Å². The van der Waals surface area contributed by atoms with Crippen LogP contribution in [0, 0.1) is 0 Å². The summed E-state index contributed by atoms with van der Waals surface area (Å²) in [5.74, 6) is 0.867. The summed E-state index contributed by atoms with van der Waals surface area (Å²) in [4.78, 5) is 18.6. The first-order chi connectivity index (χ1) is 12.8. The number of carbonyl (C=O) groups is 1. The SMILES string of the molecule is O=C(CN1CCC(NC2CCCC(c3cccnc3)C2)CC1)NC1CC1. The van der Waals surface area contributed by atoms with E-state index in [1.807, 2.05) is 12.4 Å². The van der Waals surface area contributed by atoms with Gasteiger partial charge in [0.05, 0.1) is 6.54 Å². The van der Waals surface area contributed by atoms with Gasteiger partial charge in [0.25, 0.3) is 0 Å². The van der Waals surface area contributed by atoms with Crippen molar-refractivity contribution in [3.63, 3.8) is 0 Å². The average Bonchev–Trinajstić information content (AvgIpc) is 3.48. The molecule has 26 heavy (non-hydrogen) atoms. The number of pyridine rings is 1. The largest absolute Gasteiger partial charge is 0.352 e. The molecule has 1 amide bonds. The lowest BCUT2D eigenvalue weighted by molar-refractivity contribution is -0.122. The first kappa shape index (κ1) is 17.9. The van der Waals surface area contributed by atoms with Crippen molar-refractivity contribution in [2.24, 2.45) is 0 Å². The van der Waals surface area contributed by atoms with Crippen LogP contribution in [0.3, 0.4) is 0 Å². The lowest BCUT2D eigenvalue weighted by atomic mass is 9.81. The van der Waals surface area contributed by atoms with Crippen LogP contribution in [0.2, 0.25) is 0 Å². The number of amides is 1. The minimum Gasteiger partial charge on any atom is -0.352 e. The number of rotatable bonds is 6. The Morgan fingerprint density at radius 1 is 1.08 bits per heavy atom. The molecule has 5 heteroatoms. The van der Waals surface area contributed by atoms with E-state index in [0.717, 1.165) is 25.9 Å². The maximum Gasteiger partial charge on any atom is 0.234 e. The summed E-state index contributed by atoms with van der Waals surface area (Å²) in [5, 5.41) is 7.02. The molecule has 0 radical (unpaired) electrons. The maximum atomic E-state index is 12.0. The van der Waals surface area contributed by atoms with Crippen LogP contribution >= 0.6 is 0 Å². The Morgan fingerprint density at radius 3 is 2.65 bits per heavy atom. The van der Waals surface area contributed by atoms with Crippen molar-refractivity contribution in [2.45, 2.75) is 75.4 Å². The van der Waals surface area contributed by atoms with Gasteiger partial charge >= 0.3 is 0 Å². The Labute approximate surface area is 156 Å². The summed E-state index contributed by atoms with van der Waals surface area (Å²) in [7, 11) is 0. The van der Waals surface area contributed by atoms with Gasteiger partial charge in [0.1, 0.15) is 0 Å². The molecule has 2 aliphatic carbocycles. The molecule has 1 aromatic rings. The van der Waals surface area contributed by atoms with Gasteiger partial charge in [0.2, 0.25) is 5.91 Å². The Morgan fingerprint density at radius 2 is 1.92 bits per heavy atom. The topological polar surface area (TPSA) is 57.3 Å². The van der Waals surface area contributed by atoms with Crippen molar-refractivity contribution < 1.29 is 4.79 Å². The normalized spacial score (nSPS) is 28.0. The van der Waals surface area contributed by atoms with E-state index in [9.17, 15) is 4.79 Å². The van der Waals surface area contributed by atoms with Gasteiger partial charge in [0, 0.05) is 43.6 Å². The molecule has 2 unspecified atom stereocenters. The van der Waals surface area contributed by atoms with Gasteiger partial charge in [-0.15, -0.1) is 0 Å². The van der Waals surface area contributed by atoms with Gasteiger partial charge in [-0.05, 0) is 62.5 Å². The second-order valence-corrected chi connectivity index (χ2v) is 8.41. The van der Waals surface area contributed by atoms with E-state index in [-0.39, 0.29) is 5.91 Å². The number of likely N-dealkylation sites (tertiary alicyclic amines) is 1. The van der Waals surface area contributed by atoms with Gasteiger partial charge < -0.3 is 10.6 Å². The van der Waals surface area contributed by atoms with Crippen LogP contribution in [-0.4, -0.2) is 53.6 Å². The molecule has 1 saturated heterocycles. The molecule has 2 atom stereocenters. The number of nitrogens with zero attached hydrogens (tertiary/aromatic N) is 2. The van der Waals surface area contributed by atoms with E-state index in [2.05, 4.69) is 32.7 Å². The smallest absolute Gasteiger partial charge is 0.234 e. The zero-order valence-corrected chi connectivity index (χ0v) is 15.7. The highest BCUT2D eigenvalue weighted by atomic mass is 16.2. The molecule has 5 nitrogen and oxygen atoms in total. The summed E-state index contributed by atoms with van der Waals surface area (Å²) in [6, 6.07) is 5.99.